The second-order valence-corrected chi connectivity index (χ2v) is 6.01. The highest BCUT2D eigenvalue weighted by Crippen LogP contribution is 2.43. The predicted octanol–water partition coefficient (Wildman–Crippen LogP) is 4.58. The van der Waals surface area contributed by atoms with Gasteiger partial charge in [0.05, 0.1) is 12.7 Å². The summed E-state index contributed by atoms with van der Waals surface area (Å²) in [4.78, 5) is 0. The maximum Gasteiger partial charge on any atom is 0.0779 e. The topological polar surface area (TPSA) is 9.23 Å². The van der Waals surface area contributed by atoms with E-state index in [2.05, 4.69) is 74.2 Å². The van der Waals surface area contributed by atoms with Crippen molar-refractivity contribution in [3.8, 4) is 0 Å². The van der Waals surface area contributed by atoms with Crippen LogP contribution in [0, 0.1) is 5.92 Å². The van der Waals surface area contributed by atoms with Crippen molar-refractivity contribution in [3.63, 3.8) is 0 Å². The Balaban J connectivity index is 2.07. The summed E-state index contributed by atoms with van der Waals surface area (Å²) in [6, 6.07) is 21.5. The highest BCUT2D eigenvalue weighted by atomic mass is 16.5. The van der Waals surface area contributed by atoms with Gasteiger partial charge in [-0.25, -0.2) is 0 Å². The lowest BCUT2D eigenvalue weighted by Crippen LogP contribution is -2.44. The van der Waals surface area contributed by atoms with E-state index in [0.29, 0.717) is 12.5 Å². The average molecular weight is 278 g/mol. The predicted molar refractivity (Wildman–Crippen MR) is 87.4 cm³/mol. The van der Waals surface area contributed by atoms with Gasteiger partial charge in [-0.3, -0.25) is 0 Å². The molecule has 0 saturated carbocycles. The van der Waals surface area contributed by atoms with E-state index in [0.717, 1.165) is 6.42 Å². The molecule has 0 unspecified atom stereocenters. The van der Waals surface area contributed by atoms with Crippen LogP contribution in [0.5, 0.6) is 0 Å². The molecule has 0 radical (unpaired) electrons. The fraction of sp³-hybridized carbons (Fsp3) is 0.300. The third-order valence-electron chi connectivity index (χ3n) is 4.64. The van der Waals surface area contributed by atoms with Gasteiger partial charge in [0.2, 0.25) is 0 Å². The molecule has 0 spiro atoms. The van der Waals surface area contributed by atoms with Gasteiger partial charge in [-0.2, -0.15) is 0 Å². The molecular formula is C20H22O. The first-order valence-electron chi connectivity index (χ1n) is 7.61. The Bertz CT molecular complexity index is 548. The number of hydrogen-bond acceptors (Lipinski definition) is 1. The highest BCUT2D eigenvalue weighted by molar-refractivity contribution is 5.40. The fourth-order valence-corrected chi connectivity index (χ4v) is 3.51. The summed E-state index contributed by atoms with van der Waals surface area (Å²) < 4.78 is 6.15. The van der Waals surface area contributed by atoms with E-state index >= 15 is 0 Å². The van der Waals surface area contributed by atoms with Gasteiger partial charge in [-0.15, -0.1) is 6.58 Å². The molecule has 108 valence electrons. The smallest absolute Gasteiger partial charge is 0.0779 e. The van der Waals surface area contributed by atoms with Gasteiger partial charge in [-0.05, 0) is 23.5 Å². The molecule has 1 aliphatic rings. The molecule has 0 N–H and O–H groups in total. The lowest BCUT2D eigenvalue weighted by atomic mass is 9.67. The molecule has 0 aromatic heterocycles. The maximum absolute atomic E-state index is 6.15. The molecule has 2 aromatic carbocycles. The number of rotatable bonds is 3. The van der Waals surface area contributed by atoms with Crippen molar-refractivity contribution in [2.75, 3.05) is 6.61 Å². The Morgan fingerprint density at radius 2 is 1.52 bits per heavy atom. The van der Waals surface area contributed by atoms with E-state index in [9.17, 15) is 0 Å². The summed E-state index contributed by atoms with van der Waals surface area (Å²) >= 11 is 0. The van der Waals surface area contributed by atoms with Gasteiger partial charge in [0, 0.05) is 5.41 Å². The van der Waals surface area contributed by atoms with Crippen LogP contribution in [0.15, 0.2) is 73.3 Å². The first-order valence-corrected chi connectivity index (χ1v) is 7.61. The molecule has 21 heavy (non-hydrogen) atoms. The Kier molecular flexibility index (Phi) is 3.94. The Morgan fingerprint density at radius 1 is 1.00 bits per heavy atom. The van der Waals surface area contributed by atoms with E-state index in [1.807, 2.05) is 6.08 Å². The SMILES string of the molecule is C=C[C@@H]1OCC(c2ccccc2)(c2ccccc2)C[C@H]1C. The Hall–Kier alpha value is -1.86. The number of hydrogen-bond donors (Lipinski definition) is 0. The lowest BCUT2D eigenvalue weighted by Gasteiger charge is -2.43. The van der Waals surface area contributed by atoms with Crippen molar-refractivity contribution in [2.24, 2.45) is 5.92 Å². The van der Waals surface area contributed by atoms with Gasteiger partial charge in [0.25, 0.3) is 0 Å². The van der Waals surface area contributed by atoms with E-state index in [1.54, 1.807) is 0 Å². The van der Waals surface area contributed by atoms with E-state index in [4.69, 9.17) is 4.74 Å². The minimum Gasteiger partial charge on any atom is -0.373 e. The van der Waals surface area contributed by atoms with Gasteiger partial charge < -0.3 is 4.74 Å². The molecule has 0 aliphatic carbocycles. The first kappa shape index (κ1) is 14.1. The number of benzene rings is 2. The van der Waals surface area contributed by atoms with Gasteiger partial charge in [0.1, 0.15) is 0 Å². The van der Waals surface area contributed by atoms with Crippen LogP contribution in [0.3, 0.4) is 0 Å². The first-order chi connectivity index (χ1) is 10.3. The summed E-state index contributed by atoms with van der Waals surface area (Å²) in [5.41, 5.74) is 2.62. The molecule has 1 fully saturated rings. The molecule has 1 aliphatic heterocycles. The van der Waals surface area contributed by atoms with Crippen molar-refractivity contribution < 1.29 is 4.74 Å². The van der Waals surface area contributed by atoms with Crippen molar-refractivity contribution in [1.29, 1.82) is 0 Å². The zero-order valence-electron chi connectivity index (χ0n) is 12.5. The van der Waals surface area contributed by atoms with Crippen LogP contribution in [-0.4, -0.2) is 12.7 Å². The molecule has 3 rings (SSSR count). The summed E-state index contributed by atoms with van der Waals surface area (Å²) in [6.07, 6.45) is 3.17. The molecule has 1 heterocycles. The maximum atomic E-state index is 6.15. The normalized spacial score (nSPS) is 24.4. The van der Waals surface area contributed by atoms with Gasteiger partial charge in [-0.1, -0.05) is 73.7 Å². The molecule has 2 atom stereocenters. The molecule has 1 nitrogen and oxygen atoms in total. The fourth-order valence-electron chi connectivity index (χ4n) is 3.51. The third kappa shape index (κ3) is 2.54. The van der Waals surface area contributed by atoms with Crippen LogP contribution in [0.4, 0.5) is 0 Å². The van der Waals surface area contributed by atoms with Crippen LogP contribution in [0.1, 0.15) is 24.5 Å². The second kappa shape index (κ2) is 5.87. The summed E-state index contributed by atoms with van der Waals surface area (Å²) in [7, 11) is 0. The standard InChI is InChI=1S/C20H22O/c1-3-19-16(2)14-20(15-21-19,17-10-6-4-7-11-17)18-12-8-5-9-13-18/h3-13,16,19H,1,14-15H2,2H3/t16-,19+/m1/s1. The molecular weight excluding hydrogens is 256 g/mol. The van der Waals surface area contributed by atoms with E-state index in [1.165, 1.54) is 11.1 Å². The van der Waals surface area contributed by atoms with E-state index < -0.39 is 0 Å². The second-order valence-electron chi connectivity index (χ2n) is 6.01. The molecule has 1 heteroatoms. The zero-order chi connectivity index (χ0) is 14.7. The van der Waals surface area contributed by atoms with E-state index in [-0.39, 0.29) is 11.5 Å². The number of ether oxygens (including phenoxy) is 1. The Morgan fingerprint density at radius 3 is 1.95 bits per heavy atom. The monoisotopic (exact) mass is 278 g/mol. The van der Waals surface area contributed by atoms with Gasteiger partial charge >= 0.3 is 0 Å². The Labute approximate surface area is 127 Å². The van der Waals surface area contributed by atoms with Crippen molar-refractivity contribution in [2.45, 2.75) is 24.9 Å². The van der Waals surface area contributed by atoms with Gasteiger partial charge in [0.15, 0.2) is 0 Å². The van der Waals surface area contributed by atoms with Crippen molar-refractivity contribution in [3.05, 3.63) is 84.4 Å². The molecule has 0 bridgehead atoms. The highest BCUT2D eigenvalue weighted by Gasteiger charge is 2.41. The minimum atomic E-state index is -0.0541. The van der Waals surface area contributed by atoms with Crippen LogP contribution in [-0.2, 0) is 10.2 Å². The summed E-state index contributed by atoms with van der Waals surface area (Å²) in [5, 5.41) is 0. The zero-order valence-corrected chi connectivity index (χ0v) is 12.5. The van der Waals surface area contributed by atoms with Crippen LogP contribution in [0.25, 0.3) is 0 Å². The van der Waals surface area contributed by atoms with Crippen molar-refractivity contribution >= 4 is 0 Å². The van der Waals surface area contributed by atoms with Crippen LogP contribution < -0.4 is 0 Å². The molecule has 1 saturated heterocycles. The molecule has 0 amide bonds. The largest absolute Gasteiger partial charge is 0.373 e. The third-order valence-corrected chi connectivity index (χ3v) is 4.64. The minimum absolute atomic E-state index is 0.0541. The van der Waals surface area contributed by atoms with Crippen LogP contribution in [0.2, 0.25) is 0 Å². The summed E-state index contributed by atoms with van der Waals surface area (Å²) in [5.74, 6) is 0.455. The average Bonchev–Trinajstić information content (AvgIpc) is 2.56. The summed E-state index contributed by atoms with van der Waals surface area (Å²) in [6.45, 7) is 6.87. The van der Waals surface area contributed by atoms with Crippen molar-refractivity contribution in [1.82, 2.24) is 0 Å². The molecule has 2 aromatic rings. The quantitative estimate of drug-likeness (QED) is 0.746. The van der Waals surface area contributed by atoms with Crippen LogP contribution >= 0.6 is 0 Å². The lowest BCUT2D eigenvalue weighted by molar-refractivity contribution is -0.0272.